The van der Waals surface area contributed by atoms with Crippen LogP contribution >= 0.6 is 0 Å². The monoisotopic (exact) mass is 217 g/mol. The molecular weight excluding hydrogens is 205 g/mol. The number of hydrogen-bond acceptors (Lipinski definition) is 4. The maximum absolute atomic E-state index is 9.20. The smallest absolute Gasteiger partial charge is 0.492 e. The van der Waals surface area contributed by atoms with Crippen molar-refractivity contribution >= 4 is 23.5 Å². The van der Waals surface area contributed by atoms with E-state index in [2.05, 4.69) is 4.98 Å². The molecule has 0 fully saturated rings. The van der Waals surface area contributed by atoms with Gasteiger partial charge in [-0.15, -0.1) is 0 Å². The number of aromatic nitrogens is 1. The van der Waals surface area contributed by atoms with Crippen molar-refractivity contribution in [2.75, 3.05) is 7.11 Å². The van der Waals surface area contributed by atoms with Crippen LogP contribution in [0.15, 0.2) is 24.4 Å². The molecule has 2 N–H and O–H groups in total. The first-order valence-electron chi connectivity index (χ1n) is 4.92. The maximum atomic E-state index is 9.20. The SMILES string of the molecule is COc1cc2cc(C)cnc2cc1B(O)O. The Bertz CT molecular complexity index is 528. The summed E-state index contributed by atoms with van der Waals surface area (Å²) in [5, 5.41) is 19.3. The van der Waals surface area contributed by atoms with Gasteiger partial charge in [0.15, 0.2) is 0 Å². The minimum absolute atomic E-state index is 0.325. The van der Waals surface area contributed by atoms with Crippen LogP contribution in [0, 0.1) is 6.92 Å². The molecule has 1 aromatic carbocycles. The average Bonchev–Trinajstić information content (AvgIpc) is 2.26. The molecule has 0 aliphatic carbocycles. The first kappa shape index (κ1) is 10.9. The highest BCUT2D eigenvalue weighted by Crippen LogP contribution is 2.18. The molecule has 0 saturated heterocycles. The fourth-order valence-electron chi connectivity index (χ4n) is 1.66. The molecule has 0 amide bonds. The average molecular weight is 217 g/mol. The Labute approximate surface area is 93.7 Å². The van der Waals surface area contributed by atoms with E-state index in [1.807, 2.05) is 13.0 Å². The van der Waals surface area contributed by atoms with E-state index < -0.39 is 7.12 Å². The molecule has 5 heteroatoms. The van der Waals surface area contributed by atoms with Crippen LogP contribution in [0.3, 0.4) is 0 Å². The Morgan fingerprint density at radius 3 is 2.62 bits per heavy atom. The number of pyridine rings is 1. The molecule has 0 saturated carbocycles. The lowest BCUT2D eigenvalue weighted by Crippen LogP contribution is -2.31. The summed E-state index contributed by atoms with van der Waals surface area (Å²) in [6.45, 7) is 1.95. The van der Waals surface area contributed by atoms with E-state index in [9.17, 15) is 10.0 Å². The van der Waals surface area contributed by atoms with Gasteiger partial charge in [0, 0.05) is 17.0 Å². The summed E-state index contributed by atoms with van der Waals surface area (Å²) in [4.78, 5) is 4.22. The first-order chi connectivity index (χ1) is 7.61. The number of ether oxygens (including phenoxy) is 1. The summed E-state index contributed by atoms with van der Waals surface area (Å²) in [7, 11) is -0.0570. The van der Waals surface area contributed by atoms with Gasteiger partial charge in [-0.1, -0.05) is 0 Å². The van der Waals surface area contributed by atoms with E-state index in [1.54, 1.807) is 18.3 Å². The predicted octanol–water partition coefficient (Wildman–Crippen LogP) is 0.232. The summed E-state index contributed by atoms with van der Waals surface area (Å²) in [6.07, 6.45) is 1.74. The minimum atomic E-state index is -1.55. The second-order valence-electron chi connectivity index (χ2n) is 3.67. The number of hydrogen-bond donors (Lipinski definition) is 2. The third kappa shape index (κ3) is 1.87. The van der Waals surface area contributed by atoms with Gasteiger partial charge in [-0.3, -0.25) is 4.98 Å². The van der Waals surface area contributed by atoms with Crippen LogP contribution in [0.2, 0.25) is 0 Å². The van der Waals surface area contributed by atoms with Crippen LogP contribution in [0.5, 0.6) is 5.75 Å². The number of fused-ring (bicyclic) bond motifs is 1. The van der Waals surface area contributed by atoms with E-state index in [4.69, 9.17) is 4.74 Å². The van der Waals surface area contributed by atoms with Gasteiger partial charge >= 0.3 is 7.12 Å². The quantitative estimate of drug-likeness (QED) is 0.707. The molecule has 0 radical (unpaired) electrons. The molecule has 0 spiro atoms. The fourth-order valence-corrected chi connectivity index (χ4v) is 1.66. The maximum Gasteiger partial charge on any atom is 0.492 e. The van der Waals surface area contributed by atoms with Crippen molar-refractivity contribution in [1.29, 1.82) is 0 Å². The normalized spacial score (nSPS) is 10.5. The number of rotatable bonds is 2. The standard InChI is InChI=1S/C11H12BNO3/c1-7-3-8-4-11(16-2)9(12(14)15)5-10(8)13-6-7/h3-6,14-15H,1-2H3. The number of aryl methyl sites for hydroxylation is 1. The van der Waals surface area contributed by atoms with Crippen molar-refractivity contribution in [3.8, 4) is 5.75 Å². The Hall–Kier alpha value is -1.59. The highest BCUT2D eigenvalue weighted by Gasteiger charge is 2.18. The van der Waals surface area contributed by atoms with Gasteiger partial charge in [-0.25, -0.2) is 0 Å². The lowest BCUT2D eigenvalue weighted by molar-refractivity contribution is 0.403. The molecule has 0 aliphatic heterocycles. The first-order valence-corrected chi connectivity index (χ1v) is 4.92. The van der Waals surface area contributed by atoms with Gasteiger partial charge in [0.05, 0.1) is 12.6 Å². The number of methoxy groups -OCH3 is 1. The van der Waals surface area contributed by atoms with Gasteiger partial charge in [0.2, 0.25) is 0 Å². The third-order valence-corrected chi connectivity index (χ3v) is 2.45. The molecule has 0 aliphatic rings. The predicted molar refractivity (Wildman–Crippen MR) is 62.9 cm³/mol. The number of benzene rings is 1. The van der Waals surface area contributed by atoms with Crippen molar-refractivity contribution in [3.63, 3.8) is 0 Å². The molecule has 0 atom stereocenters. The van der Waals surface area contributed by atoms with Crippen LogP contribution in [-0.2, 0) is 0 Å². The Morgan fingerprint density at radius 1 is 1.25 bits per heavy atom. The number of nitrogens with zero attached hydrogens (tertiary/aromatic N) is 1. The van der Waals surface area contributed by atoms with E-state index in [1.165, 1.54) is 7.11 Å². The summed E-state index contributed by atoms with van der Waals surface area (Å²) in [5.74, 6) is 0.454. The molecular formula is C11H12BNO3. The summed E-state index contributed by atoms with van der Waals surface area (Å²) in [6, 6.07) is 5.35. The molecule has 1 aromatic heterocycles. The lowest BCUT2D eigenvalue weighted by atomic mass is 9.79. The molecule has 16 heavy (non-hydrogen) atoms. The topological polar surface area (TPSA) is 62.6 Å². The third-order valence-electron chi connectivity index (χ3n) is 2.45. The van der Waals surface area contributed by atoms with Crippen LogP contribution < -0.4 is 10.2 Å². The Kier molecular flexibility index (Phi) is 2.81. The highest BCUT2D eigenvalue weighted by atomic mass is 16.5. The molecule has 0 bridgehead atoms. The van der Waals surface area contributed by atoms with Crippen molar-refractivity contribution in [2.24, 2.45) is 0 Å². The van der Waals surface area contributed by atoms with E-state index in [0.717, 1.165) is 16.5 Å². The molecule has 82 valence electrons. The van der Waals surface area contributed by atoms with Gasteiger partial charge in [0.25, 0.3) is 0 Å². The van der Waals surface area contributed by atoms with Crippen LogP contribution in [0.25, 0.3) is 10.9 Å². The lowest BCUT2D eigenvalue weighted by Gasteiger charge is -2.09. The second kappa shape index (κ2) is 4.12. The molecule has 0 unspecified atom stereocenters. The summed E-state index contributed by atoms with van der Waals surface area (Å²) < 4.78 is 5.11. The zero-order valence-corrected chi connectivity index (χ0v) is 9.14. The van der Waals surface area contributed by atoms with Gasteiger partial charge in [-0.2, -0.15) is 0 Å². The van der Waals surface area contributed by atoms with Gasteiger partial charge in [-0.05, 0) is 30.7 Å². The van der Waals surface area contributed by atoms with Crippen molar-refractivity contribution < 1.29 is 14.8 Å². The van der Waals surface area contributed by atoms with Crippen molar-refractivity contribution in [2.45, 2.75) is 6.92 Å². The summed E-state index contributed by atoms with van der Waals surface area (Å²) in [5.41, 5.74) is 2.09. The van der Waals surface area contributed by atoms with Crippen molar-refractivity contribution in [3.05, 3.63) is 30.0 Å². The van der Waals surface area contributed by atoms with Gasteiger partial charge < -0.3 is 14.8 Å². The van der Waals surface area contributed by atoms with Crippen LogP contribution in [0.4, 0.5) is 0 Å². The van der Waals surface area contributed by atoms with Crippen LogP contribution in [-0.4, -0.2) is 29.3 Å². The second-order valence-corrected chi connectivity index (χ2v) is 3.67. The Morgan fingerprint density at radius 2 is 2.00 bits per heavy atom. The highest BCUT2D eigenvalue weighted by molar-refractivity contribution is 6.60. The zero-order chi connectivity index (χ0) is 11.7. The van der Waals surface area contributed by atoms with E-state index in [0.29, 0.717) is 11.2 Å². The molecule has 2 rings (SSSR count). The van der Waals surface area contributed by atoms with Crippen LogP contribution in [0.1, 0.15) is 5.56 Å². The zero-order valence-electron chi connectivity index (χ0n) is 9.14. The van der Waals surface area contributed by atoms with E-state index in [-0.39, 0.29) is 0 Å². The molecule has 2 aromatic rings. The fraction of sp³-hybridized carbons (Fsp3) is 0.182. The van der Waals surface area contributed by atoms with Gasteiger partial charge in [0.1, 0.15) is 5.75 Å². The largest absolute Gasteiger partial charge is 0.497 e. The van der Waals surface area contributed by atoms with E-state index >= 15 is 0 Å². The molecule has 4 nitrogen and oxygen atoms in total. The van der Waals surface area contributed by atoms with Crippen molar-refractivity contribution in [1.82, 2.24) is 4.98 Å². The minimum Gasteiger partial charge on any atom is -0.497 e. The summed E-state index contributed by atoms with van der Waals surface area (Å²) >= 11 is 0. The molecule has 1 heterocycles. The Balaban J connectivity index is 2.70.